The fourth-order valence-electron chi connectivity index (χ4n) is 2.12. The van der Waals surface area contributed by atoms with E-state index in [1.165, 1.54) is 24.9 Å². The molecule has 0 aromatic carbocycles. The first-order valence-corrected chi connectivity index (χ1v) is 7.31. The molecule has 0 aliphatic carbocycles. The number of carbonyl (C=O) groups is 2. The molecule has 128 valence electrons. The molecule has 0 aliphatic heterocycles. The molecule has 1 rings (SSSR count). The third-order valence-corrected chi connectivity index (χ3v) is 3.16. The number of aryl methyl sites for hydroxylation is 1. The lowest BCUT2D eigenvalue weighted by Gasteiger charge is -2.17. The van der Waals surface area contributed by atoms with Gasteiger partial charge in [-0.2, -0.15) is 0 Å². The Morgan fingerprint density at radius 3 is 2.35 bits per heavy atom. The van der Waals surface area contributed by atoms with E-state index in [9.17, 15) is 19.2 Å². The minimum absolute atomic E-state index is 0.0220. The molecule has 1 aromatic rings. The molecule has 0 spiro atoms. The van der Waals surface area contributed by atoms with E-state index in [-0.39, 0.29) is 24.7 Å². The van der Waals surface area contributed by atoms with E-state index in [1.807, 2.05) is 0 Å². The first-order valence-electron chi connectivity index (χ1n) is 7.31. The summed E-state index contributed by atoms with van der Waals surface area (Å²) in [6, 6.07) is 0. The van der Waals surface area contributed by atoms with Gasteiger partial charge in [0.2, 0.25) is 0 Å². The van der Waals surface area contributed by atoms with Gasteiger partial charge in [0.15, 0.2) is 0 Å². The van der Waals surface area contributed by atoms with Crippen molar-refractivity contribution in [2.75, 3.05) is 6.61 Å². The van der Waals surface area contributed by atoms with E-state index >= 15 is 0 Å². The zero-order chi connectivity index (χ0) is 17.7. The predicted octanol–water partition coefficient (Wildman–Crippen LogP) is 0.0724. The summed E-state index contributed by atoms with van der Waals surface area (Å²) in [7, 11) is 2.77. The van der Waals surface area contributed by atoms with E-state index in [0.29, 0.717) is 0 Å². The molecule has 0 fully saturated rings. The lowest BCUT2D eigenvalue weighted by atomic mass is 9.98. The maximum Gasteiger partial charge on any atom is 0.330 e. The van der Waals surface area contributed by atoms with Gasteiger partial charge in [-0.3, -0.25) is 19.0 Å². The van der Waals surface area contributed by atoms with Gasteiger partial charge in [-0.05, 0) is 20.8 Å². The number of hydrogen-bond acceptors (Lipinski definition) is 6. The van der Waals surface area contributed by atoms with Gasteiger partial charge in [0.25, 0.3) is 5.56 Å². The molecule has 23 heavy (non-hydrogen) atoms. The molecule has 1 aromatic heterocycles. The topological polar surface area (TPSA) is 96.6 Å². The summed E-state index contributed by atoms with van der Waals surface area (Å²) in [5, 5.41) is 0. The van der Waals surface area contributed by atoms with Gasteiger partial charge >= 0.3 is 17.6 Å². The highest BCUT2D eigenvalue weighted by molar-refractivity contribution is 5.84. The third kappa shape index (κ3) is 4.54. The van der Waals surface area contributed by atoms with Crippen LogP contribution in [0, 0.1) is 0 Å². The normalized spacial score (nSPS) is 12.1. The molecule has 0 amide bonds. The Kier molecular flexibility index (Phi) is 6.29. The number of aromatic nitrogens is 2. The van der Waals surface area contributed by atoms with Gasteiger partial charge in [0.05, 0.1) is 25.0 Å². The van der Waals surface area contributed by atoms with Crippen molar-refractivity contribution in [3.8, 4) is 0 Å². The minimum Gasteiger partial charge on any atom is -0.466 e. The van der Waals surface area contributed by atoms with Crippen molar-refractivity contribution < 1.29 is 19.1 Å². The van der Waals surface area contributed by atoms with Crippen molar-refractivity contribution in [1.82, 2.24) is 9.13 Å². The Labute approximate surface area is 133 Å². The van der Waals surface area contributed by atoms with Gasteiger partial charge < -0.3 is 14.0 Å². The fraction of sp³-hybridized carbons (Fsp3) is 0.600. The molecule has 0 bridgehead atoms. The van der Waals surface area contributed by atoms with Crippen molar-refractivity contribution in [1.29, 1.82) is 0 Å². The van der Waals surface area contributed by atoms with Gasteiger partial charge in [0, 0.05) is 25.9 Å². The van der Waals surface area contributed by atoms with Crippen LogP contribution in [0.4, 0.5) is 0 Å². The molecule has 8 nitrogen and oxygen atoms in total. The first kappa shape index (κ1) is 18.7. The number of carbonyl (C=O) groups excluding carboxylic acids is 2. The van der Waals surface area contributed by atoms with Crippen LogP contribution in [-0.4, -0.2) is 33.8 Å². The van der Waals surface area contributed by atoms with Crippen LogP contribution in [-0.2, 0) is 33.2 Å². The highest BCUT2D eigenvalue weighted by Gasteiger charge is 2.30. The zero-order valence-electron chi connectivity index (χ0n) is 14.0. The Balaban J connectivity index is 3.30. The van der Waals surface area contributed by atoms with Crippen LogP contribution in [0.5, 0.6) is 0 Å². The molecule has 0 N–H and O–H groups in total. The minimum atomic E-state index is -1.12. The Morgan fingerprint density at radius 2 is 1.83 bits per heavy atom. The van der Waals surface area contributed by atoms with Crippen LogP contribution in [0.25, 0.3) is 0 Å². The third-order valence-electron chi connectivity index (χ3n) is 3.16. The van der Waals surface area contributed by atoms with E-state index in [4.69, 9.17) is 9.47 Å². The number of rotatable bonds is 6. The summed E-state index contributed by atoms with van der Waals surface area (Å²) in [6.45, 7) is 5.10. The van der Waals surface area contributed by atoms with Crippen molar-refractivity contribution in [3.05, 3.63) is 32.6 Å². The van der Waals surface area contributed by atoms with E-state index in [2.05, 4.69) is 0 Å². The van der Waals surface area contributed by atoms with Gasteiger partial charge in [-0.25, -0.2) is 4.79 Å². The molecule has 0 saturated carbocycles. The molecule has 0 unspecified atom stereocenters. The summed E-state index contributed by atoms with van der Waals surface area (Å²) < 4.78 is 12.0. The average Bonchev–Trinajstić information content (AvgIpc) is 2.46. The summed E-state index contributed by atoms with van der Waals surface area (Å²) in [4.78, 5) is 48.1. The highest BCUT2D eigenvalue weighted by Crippen LogP contribution is 2.19. The Morgan fingerprint density at radius 1 is 1.22 bits per heavy atom. The second-order valence-electron chi connectivity index (χ2n) is 5.39. The van der Waals surface area contributed by atoms with Crippen molar-refractivity contribution in [3.63, 3.8) is 0 Å². The summed E-state index contributed by atoms with van der Waals surface area (Å²) in [6.07, 6.45) is 0.590. The van der Waals surface area contributed by atoms with Crippen LogP contribution < -0.4 is 11.2 Å². The maximum absolute atomic E-state index is 12.3. The van der Waals surface area contributed by atoms with Crippen molar-refractivity contribution in [2.45, 2.75) is 39.2 Å². The van der Waals surface area contributed by atoms with Crippen molar-refractivity contribution in [2.24, 2.45) is 14.1 Å². The van der Waals surface area contributed by atoms with Crippen LogP contribution >= 0.6 is 0 Å². The molecule has 0 saturated heterocycles. The van der Waals surface area contributed by atoms with Crippen LogP contribution in [0.15, 0.2) is 15.8 Å². The quantitative estimate of drug-likeness (QED) is 0.687. The molecule has 0 radical (unpaired) electrons. The van der Waals surface area contributed by atoms with Crippen LogP contribution in [0.2, 0.25) is 0 Å². The average molecular weight is 326 g/mol. The van der Waals surface area contributed by atoms with Crippen LogP contribution in [0.3, 0.4) is 0 Å². The molecule has 0 aliphatic rings. The second-order valence-corrected chi connectivity index (χ2v) is 5.39. The molecule has 1 atom stereocenters. The van der Waals surface area contributed by atoms with E-state index in [1.54, 1.807) is 20.8 Å². The maximum atomic E-state index is 12.3. The Bertz CT molecular complexity index is 701. The van der Waals surface area contributed by atoms with Crippen molar-refractivity contribution >= 4 is 11.9 Å². The molecular formula is C15H22N2O6. The first-order chi connectivity index (χ1) is 10.7. The number of esters is 2. The standard InChI is InChI=1S/C15H22N2O6/c1-6-22-14(20)10(7-12(18)23-9(2)3)11-8-16(4)15(21)17(5)13(11)19/h8-10H,6-7H2,1-5H3/t10-/m1/s1. The largest absolute Gasteiger partial charge is 0.466 e. The SMILES string of the molecule is CCOC(=O)[C@H](CC(=O)OC(C)C)c1cn(C)c(=O)n(C)c1=O. The number of ether oxygens (including phenoxy) is 2. The smallest absolute Gasteiger partial charge is 0.330 e. The molecule has 8 heteroatoms. The second kappa shape index (κ2) is 7.75. The van der Waals surface area contributed by atoms with Gasteiger partial charge in [-0.1, -0.05) is 0 Å². The summed E-state index contributed by atoms with van der Waals surface area (Å²) in [5.41, 5.74) is -1.14. The number of hydrogen-bond donors (Lipinski definition) is 0. The zero-order valence-corrected chi connectivity index (χ0v) is 14.0. The summed E-state index contributed by atoms with van der Waals surface area (Å²) in [5.74, 6) is -2.44. The molecule has 1 heterocycles. The fourth-order valence-corrected chi connectivity index (χ4v) is 2.12. The van der Waals surface area contributed by atoms with Crippen LogP contribution in [0.1, 0.15) is 38.7 Å². The van der Waals surface area contributed by atoms with E-state index in [0.717, 1.165) is 4.57 Å². The van der Waals surface area contributed by atoms with Gasteiger partial charge in [-0.15, -0.1) is 0 Å². The Hall–Kier alpha value is -2.38. The lowest BCUT2D eigenvalue weighted by molar-refractivity contribution is -0.154. The highest BCUT2D eigenvalue weighted by atomic mass is 16.5. The predicted molar refractivity (Wildman–Crippen MR) is 82.1 cm³/mol. The lowest BCUT2D eigenvalue weighted by Crippen LogP contribution is -2.40. The summed E-state index contributed by atoms with van der Waals surface area (Å²) >= 11 is 0. The van der Waals surface area contributed by atoms with E-state index < -0.39 is 29.1 Å². The number of nitrogens with zero attached hydrogens (tertiary/aromatic N) is 2. The molecular weight excluding hydrogens is 304 g/mol. The van der Waals surface area contributed by atoms with Gasteiger partial charge in [0.1, 0.15) is 0 Å². The monoisotopic (exact) mass is 326 g/mol.